The van der Waals surface area contributed by atoms with E-state index in [0.29, 0.717) is 10.6 Å². The molecule has 72 valence electrons. The molecule has 0 saturated heterocycles. The quantitative estimate of drug-likeness (QED) is 0.770. The molecule has 14 heavy (non-hydrogen) atoms. The van der Waals surface area contributed by atoms with Crippen molar-refractivity contribution in [2.24, 2.45) is 0 Å². The summed E-state index contributed by atoms with van der Waals surface area (Å²) in [4.78, 5) is 0. The van der Waals surface area contributed by atoms with E-state index in [4.69, 9.17) is 11.6 Å². The maximum Gasteiger partial charge on any atom is 0.131 e. The number of rotatable bonds is 1. The molecule has 2 rings (SSSR count). The van der Waals surface area contributed by atoms with Gasteiger partial charge in [0.2, 0.25) is 0 Å². The van der Waals surface area contributed by atoms with Crippen LogP contribution in [0.25, 0.3) is 11.1 Å². The van der Waals surface area contributed by atoms with E-state index in [1.807, 2.05) is 6.92 Å². The summed E-state index contributed by atoms with van der Waals surface area (Å²) in [6.45, 7) is 1.84. The number of aryl methyl sites for hydroxylation is 1. The van der Waals surface area contributed by atoms with E-state index in [9.17, 15) is 4.39 Å². The van der Waals surface area contributed by atoms with E-state index in [0.717, 1.165) is 11.3 Å². The zero-order valence-electron chi connectivity index (χ0n) is 7.51. The normalized spacial score (nSPS) is 10.5. The van der Waals surface area contributed by atoms with Gasteiger partial charge < -0.3 is 0 Å². The molecule has 1 aromatic carbocycles. The van der Waals surface area contributed by atoms with E-state index in [-0.39, 0.29) is 5.82 Å². The van der Waals surface area contributed by atoms with Crippen LogP contribution in [0.15, 0.2) is 24.4 Å². The monoisotopic (exact) mass is 210 g/mol. The zero-order chi connectivity index (χ0) is 10.1. The summed E-state index contributed by atoms with van der Waals surface area (Å²) in [5, 5.41) is 7.10. The molecule has 0 unspecified atom stereocenters. The molecule has 1 heterocycles. The van der Waals surface area contributed by atoms with Crippen LogP contribution in [-0.4, -0.2) is 10.2 Å². The van der Waals surface area contributed by atoms with Gasteiger partial charge in [0.25, 0.3) is 0 Å². The molecule has 0 aliphatic heterocycles. The van der Waals surface area contributed by atoms with Crippen molar-refractivity contribution in [1.29, 1.82) is 0 Å². The average Bonchev–Trinajstić information content (AvgIpc) is 2.56. The van der Waals surface area contributed by atoms with E-state index in [1.165, 1.54) is 12.1 Å². The van der Waals surface area contributed by atoms with Crippen molar-refractivity contribution in [3.05, 3.63) is 40.9 Å². The van der Waals surface area contributed by atoms with Crippen molar-refractivity contribution < 1.29 is 4.39 Å². The molecule has 4 heteroatoms. The second-order valence-corrected chi connectivity index (χ2v) is 3.47. The van der Waals surface area contributed by atoms with Crippen LogP contribution in [-0.2, 0) is 0 Å². The summed E-state index contributed by atoms with van der Waals surface area (Å²) < 4.78 is 13.4. The third kappa shape index (κ3) is 1.51. The van der Waals surface area contributed by atoms with Crippen molar-refractivity contribution in [2.45, 2.75) is 6.92 Å². The molecule has 2 nitrogen and oxygen atoms in total. The number of aromatic nitrogens is 2. The Kier molecular flexibility index (Phi) is 2.25. The summed E-state index contributed by atoms with van der Waals surface area (Å²) in [7, 11) is 0. The van der Waals surface area contributed by atoms with Crippen molar-refractivity contribution >= 4 is 11.6 Å². The number of H-pyrrole nitrogens is 1. The standard InChI is InChI=1S/C10H8ClFN2/c1-6-9(5-13-14-6)8-4-7(11)2-3-10(8)12/h2-5H,1H3,(H,13,14). The minimum Gasteiger partial charge on any atom is -0.282 e. The Morgan fingerprint density at radius 3 is 2.79 bits per heavy atom. The molecule has 0 radical (unpaired) electrons. The van der Waals surface area contributed by atoms with Crippen molar-refractivity contribution in [3.8, 4) is 11.1 Å². The molecule has 0 aliphatic rings. The first-order chi connectivity index (χ1) is 6.68. The van der Waals surface area contributed by atoms with Crippen molar-refractivity contribution in [1.82, 2.24) is 10.2 Å². The fourth-order valence-electron chi connectivity index (χ4n) is 1.33. The largest absolute Gasteiger partial charge is 0.282 e. The number of hydrogen-bond acceptors (Lipinski definition) is 1. The number of halogens is 2. The molecule has 0 saturated carbocycles. The highest BCUT2D eigenvalue weighted by Crippen LogP contribution is 2.27. The summed E-state index contributed by atoms with van der Waals surface area (Å²) in [5.41, 5.74) is 2.04. The first kappa shape index (κ1) is 9.21. The maximum absolute atomic E-state index is 13.4. The van der Waals surface area contributed by atoms with Crippen LogP contribution < -0.4 is 0 Å². The van der Waals surface area contributed by atoms with Crippen LogP contribution in [0.2, 0.25) is 5.02 Å². The van der Waals surface area contributed by atoms with Gasteiger partial charge in [0.15, 0.2) is 0 Å². The van der Waals surface area contributed by atoms with Gasteiger partial charge in [-0.2, -0.15) is 5.10 Å². The van der Waals surface area contributed by atoms with Gasteiger partial charge in [-0.25, -0.2) is 4.39 Å². The predicted octanol–water partition coefficient (Wildman–Crippen LogP) is 3.18. The predicted molar refractivity (Wildman–Crippen MR) is 53.7 cm³/mol. The molecular formula is C10H8ClFN2. The van der Waals surface area contributed by atoms with Gasteiger partial charge in [0, 0.05) is 21.8 Å². The highest BCUT2D eigenvalue weighted by atomic mass is 35.5. The zero-order valence-corrected chi connectivity index (χ0v) is 8.27. The molecule has 2 aromatic rings. The van der Waals surface area contributed by atoms with E-state index < -0.39 is 0 Å². The van der Waals surface area contributed by atoms with Crippen LogP contribution in [0.5, 0.6) is 0 Å². The van der Waals surface area contributed by atoms with Crippen LogP contribution in [0, 0.1) is 12.7 Å². The molecule has 0 atom stereocenters. The highest BCUT2D eigenvalue weighted by Gasteiger charge is 2.09. The van der Waals surface area contributed by atoms with Gasteiger partial charge in [-0.1, -0.05) is 11.6 Å². The Balaban J connectivity index is 2.62. The van der Waals surface area contributed by atoms with E-state index in [1.54, 1.807) is 12.3 Å². The minimum absolute atomic E-state index is 0.293. The summed E-state index contributed by atoms with van der Waals surface area (Å²) in [6.07, 6.45) is 1.59. The highest BCUT2D eigenvalue weighted by molar-refractivity contribution is 6.30. The second-order valence-electron chi connectivity index (χ2n) is 3.03. The molecule has 1 aromatic heterocycles. The molecule has 0 fully saturated rings. The first-order valence-electron chi connectivity index (χ1n) is 4.14. The first-order valence-corrected chi connectivity index (χ1v) is 4.51. The van der Waals surface area contributed by atoms with Gasteiger partial charge in [-0.3, -0.25) is 5.10 Å². The number of nitrogens with one attached hydrogen (secondary N) is 1. The molecule has 1 N–H and O–H groups in total. The van der Waals surface area contributed by atoms with Crippen LogP contribution in [0.4, 0.5) is 4.39 Å². The number of nitrogens with zero attached hydrogens (tertiary/aromatic N) is 1. The lowest BCUT2D eigenvalue weighted by atomic mass is 10.1. The van der Waals surface area contributed by atoms with E-state index >= 15 is 0 Å². The molecule has 0 aliphatic carbocycles. The number of hydrogen-bond donors (Lipinski definition) is 1. The Labute approximate surface area is 85.7 Å². The van der Waals surface area contributed by atoms with Gasteiger partial charge in [-0.05, 0) is 25.1 Å². The molecule has 0 amide bonds. The van der Waals surface area contributed by atoms with Crippen LogP contribution >= 0.6 is 11.6 Å². The Morgan fingerprint density at radius 2 is 2.14 bits per heavy atom. The van der Waals surface area contributed by atoms with Crippen molar-refractivity contribution in [2.75, 3.05) is 0 Å². The summed E-state index contributed by atoms with van der Waals surface area (Å²) in [5.74, 6) is -0.293. The van der Waals surface area contributed by atoms with Crippen LogP contribution in [0.3, 0.4) is 0 Å². The summed E-state index contributed by atoms with van der Waals surface area (Å²) in [6, 6.07) is 4.47. The topological polar surface area (TPSA) is 28.7 Å². The SMILES string of the molecule is Cc1[nH]ncc1-c1cc(Cl)ccc1F. The average molecular weight is 211 g/mol. The third-order valence-corrected chi connectivity index (χ3v) is 2.28. The molecular weight excluding hydrogens is 203 g/mol. The second kappa shape index (κ2) is 3.42. The Bertz CT molecular complexity index is 465. The maximum atomic E-state index is 13.4. The van der Waals surface area contributed by atoms with Crippen LogP contribution in [0.1, 0.15) is 5.69 Å². The number of benzene rings is 1. The lowest BCUT2D eigenvalue weighted by Crippen LogP contribution is -1.84. The summed E-state index contributed by atoms with van der Waals surface area (Å²) >= 11 is 5.79. The minimum atomic E-state index is -0.293. The van der Waals surface area contributed by atoms with E-state index in [2.05, 4.69) is 10.2 Å². The molecule has 0 spiro atoms. The lowest BCUT2D eigenvalue weighted by Gasteiger charge is -2.01. The third-order valence-electron chi connectivity index (χ3n) is 2.05. The fourth-order valence-corrected chi connectivity index (χ4v) is 1.50. The van der Waals surface area contributed by atoms with Gasteiger partial charge in [0.05, 0.1) is 6.20 Å². The van der Waals surface area contributed by atoms with Gasteiger partial charge in [0.1, 0.15) is 5.82 Å². The smallest absolute Gasteiger partial charge is 0.131 e. The van der Waals surface area contributed by atoms with Gasteiger partial charge >= 0.3 is 0 Å². The van der Waals surface area contributed by atoms with Crippen molar-refractivity contribution in [3.63, 3.8) is 0 Å². The fraction of sp³-hybridized carbons (Fsp3) is 0.100. The number of aromatic amines is 1. The molecule has 0 bridgehead atoms. The lowest BCUT2D eigenvalue weighted by molar-refractivity contribution is 0.631. The Morgan fingerprint density at radius 1 is 1.36 bits per heavy atom. The van der Waals surface area contributed by atoms with Gasteiger partial charge in [-0.15, -0.1) is 0 Å². The Hall–Kier alpha value is -1.35.